The summed E-state index contributed by atoms with van der Waals surface area (Å²) in [6.07, 6.45) is 0. The van der Waals surface area contributed by atoms with Gasteiger partial charge in [0.15, 0.2) is 0 Å². The zero-order chi connectivity index (χ0) is 15.2. The molecule has 0 aliphatic heterocycles. The van der Waals surface area contributed by atoms with Crippen LogP contribution in [0.3, 0.4) is 0 Å². The molecule has 0 aliphatic rings. The lowest BCUT2D eigenvalue weighted by atomic mass is 10.3. The lowest BCUT2D eigenvalue weighted by Gasteiger charge is -2.09. The third-order valence-corrected chi connectivity index (χ3v) is 3.84. The number of hydrogen-bond acceptors (Lipinski definition) is 5. The predicted octanol–water partition coefficient (Wildman–Crippen LogP) is 4.82. The van der Waals surface area contributed by atoms with Crippen LogP contribution in [0.1, 0.15) is 0 Å². The van der Waals surface area contributed by atoms with Crippen molar-refractivity contribution in [2.75, 3.05) is 0 Å². The van der Waals surface area contributed by atoms with Crippen LogP contribution in [0.2, 0.25) is 0 Å². The summed E-state index contributed by atoms with van der Waals surface area (Å²) in [6.45, 7) is 0. The summed E-state index contributed by atoms with van der Waals surface area (Å²) in [5.74, 6) is 0.982. The SMILES string of the molecule is O=C(O)Sc1ccc(Oc2c[c]ccc2)cc1SC(=O)O. The number of benzene rings is 2. The number of thioether (sulfide) groups is 2. The standard InChI is InChI=1S/C14H9O5S2/c15-13(16)20-11-7-6-10(8-12(11)21-14(17)18)19-9-4-2-1-3-5-9/h1-2,4-8H,(H,15,16)(H,17,18). The first-order chi connectivity index (χ1) is 10.0. The third-order valence-electron chi connectivity index (χ3n) is 2.22. The van der Waals surface area contributed by atoms with E-state index in [0.29, 0.717) is 44.8 Å². The zero-order valence-corrected chi connectivity index (χ0v) is 12.1. The summed E-state index contributed by atoms with van der Waals surface area (Å²) >= 11 is 1.09. The topological polar surface area (TPSA) is 83.8 Å². The number of ether oxygens (including phenoxy) is 1. The van der Waals surface area contributed by atoms with Gasteiger partial charge >= 0.3 is 10.6 Å². The van der Waals surface area contributed by atoms with E-state index < -0.39 is 10.6 Å². The van der Waals surface area contributed by atoms with Gasteiger partial charge in [-0.15, -0.1) is 0 Å². The van der Waals surface area contributed by atoms with Gasteiger partial charge in [-0.25, -0.2) is 9.59 Å². The fourth-order valence-corrected chi connectivity index (χ4v) is 2.75. The average molecular weight is 321 g/mol. The summed E-state index contributed by atoms with van der Waals surface area (Å²) in [4.78, 5) is 22.3. The van der Waals surface area contributed by atoms with Crippen molar-refractivity contribution < 1.29 is 24.5 Å². The van der Waals surface area contributed by atoms with Crippen LogP contribution < -0.4 is 4.74 Å². The molecule has 0 aliphatic carbocycles. The molecule has 21 heavy (non-hydrogen) atoms. The van der Waals surface area contributed by atoms with Gasteiger partial charge in [-0.2, -0.15) is 0 Å². The van der Waals surface area contributed by atoms with Gasteiger partial charge in [-0.1, -0.05) is 12.1 Å². The number of hydrogen-bond donors (Lipinski definition) is 2. The van der Waals surface area contributed by atoms with E-state index in [-0.39, 0.29) is 0 Å². The lowest BCUT2D eigenvalue weighted by Crippen LogP contribution is -1.91. The molecule has 0 amide bonds. The molecule has 7 heteroatoms. The second kappa shape index (κ2) is 7.05. The number of carboxylic acid groups (broad SMARTS) is 2. The summed E-state index contributed by atoms with van der Waals surface area (Å²) in [7, 11) is 0. The maximum atomic E-state index is 10.8. The number of rotatable bonds is 4. The lowest BCUT2D eigenvalue weighted by molar-refractivity contribution is 0.221. The van der Waals surface area contributed by atoms with Crippen molar-refractivity contribution in [2.24, 2.45) is 0 Å². The van der Waals surface area contributed by atoms with Crippen molar-refractivity contribution in [3.05, 3.63) is 48.5 Å². The van der Waals surface area contributed by atoms with E-state index in [9.17, 15) is 9.59 Å². The summed E-state index contributed by atoms with van der Waals surface area (Å²) in [6, 6.07) is 14.3. The molecular weight excluding hydrogens is 312 g/mol. The van der Waals surface area contributed by atoms with E-state index in [2.05, 4.69) is 6.07 Å². The fourth-order valence-electron chi connectivity index (χ4n) is 1.48. The Morgan fingerprint density at radius 1 is 1.00 bits per heavy atom. The molecule has 107 valence electrons. The molecule has 0 aromatic heterocycles. The van der Waals surface area contributed by atoms with Gasteiger partial charge in [0, 0.05) is 9.79 Å². The molecule has 2 N–H and O–H groups in total. The van der Waals surface area contributed by atoms with Gasteiger partial charge in [-0.3, -0.25) is 0 Å². The minimum Gasteiger partial charge on any atom is -0.473 e. The van der Waals surface area contributed by atoms with Gasteiger partial charge in [0.2, 0.25) is 0 Å². The quantitative estimate of drug-likeness (QED) is 0.781. The Kier molecular flexibility index (Phi) is 5.13. The highest BCUT2D eigenvalue weighted by molar-refractivity contribution is 8.15. The predicted molar refractivity (Wildman–Crippen MR) is 79.6 cm³/mol. The molecule has 0 atom stereocenters. The first kappa shape index (κ1) is 15.3. The second-order valence-corrected chi connectivity index (χ2v) is 5.67. The Hall–Kier alpha value is -2.12. The van der Waals surface area contributed by atoms with E-state index in [1.54, 1.807) is 30.3 Å². The van der Waals surface area contributed by atoms with Crippen molar-refractivity contribution >= 4 is 34.1 Å². The minimum atomic E-state index is -1.12. The Morgan fingerprint density at radius 3 is 2.33 bits per heavy atom. The molecule has 0 heterocycles. The smallest absolute Gasteiger partial charge is 0.369 e. The average Bonchev–Trinajstić information content (AvgIpc) is 2.42. The molecule has 0 saturated carbocycles. The Bertz CT molecular complexity index is 658. The highest BCUT2D eigenvalue weighted by atomic mass is 32.2. The molecule has 2 aromatic carbocycles. The molecular formula is C14H9O5S2. The summed E-state index contributed by atoms with van der Waals surface area (Å²) in [5, 5.41) is 15.4. The van der Waals surface area contributed by atoms with Crippen molar-refractivity contribution in [2.45, 2.75) is 9.79 Å². The van der Waals surface area contributed by atoms with Gasteiger partial charge in [-0.05, 0) is 59.9 Å². The molecule has 0 spiro atoms. The van der Waals surface area contributed by atoms with E-state index >= 15 is 0 Å². The van der Waals surface area contributed by atoms with E-state index in [1.165, 1.54) is 12.1 Å². The molecule has 5 nitrogen and oxygen atoms in total. The van der Waals surface area contributed by atoms with Crippen LogP contribution in [0.5, 0.6) is 11.5 Å². The van der Waals surface area contributed by atoms with Crippen molar-refractivity contribution in [3.63, 3.8) is 0 Å². The van der Waals surface area contributed by atoms with Gasteiger partial charge in [0.1, 0.15) is 11.5 Å². The minimum absolute atomic E-state index is 0.312. The van der Waals surface area contributed by atoms with Crippen LogP contribution in [0, 0.1) is 6.07 Å². The molecule has 0 unspecified atom stereocenters. The first-order valence-corrected chi connectivity index (χ1v) is 7.27. The zero-order valence-electron chi connectivity index (χ0n) is 10.5. The first-order valence-electron chi connectivity index (χ1n) is 5.64. The molecule has 0 bridgehead atoms. The van der Waals surface area contributed by atoms with Crippen LogP contribution in [-0.4, -0.2) is 20.8 Å². The van der Waals surface area contributed by atoms with Gasteiger partial charge < -0.3 is 14.9 Å². The molecule has 0 saturated heterocycles. The monoisotopic (exact) mass is 321 g/mol. The van der Waals surface area contributed by atoms with E-state index in [0.717, 1.165) is 0 Å². The maximum absolute atomic E-state index is 10.8. The molecule has 2 rings (SSSR count). The van der Waals surface area contributed by atoms with Crippen LogP contribution in [-0.2, 0) is 0 Å². The van der Waals surface area contributed by atoms with Crippen LogP contribution in [0.25, 0.3) is 0 Å². The van der Waals surface area contributed by atoms with Crippen molar-refractivity contribution in [3.8, 4) is 11.5 Å². The maximum Gasteiger partial charge on any atom is 0.369 e. The van der Waals surface area contributed by atoms with E-state index in [4.69, 9.17) is 14.9 Å². The Labute approximate surface area is 128 Å². The summed E-state index contributed by atoms with van der Waals surface area (Å²) in [5.41, 5.74) is 0. The highest BCUT2D eigenvalue weighted by Gasteiger charge is 2.13. The fraction of sp³-hybridized carbons (Fsp3) is 0. The Balaban J connectivity index is 2.27. The third kappa shape index (κ3) is 4.73. The van der Waals surface area contributed by atoms with Crippen LogP contribution in [0.4, 0.5) is 9.59 Å². The normalized spacial score (nSPS) is 10.1. The largest absolute Gasteiger partial charge is 0.473 e. The van der Waals surface area contributed by atoms with Crippen molar-refractivity contribution in [1.29, 1.82) is 0 Å². The van der Waals surface area contributed by atoms with Gasteiger partial charge in [0.05, 0.1) is 0 Å². The van der Waals surface area contributed by atoms with E-state index in [1.807, 2.05) is 0 Å². The number of carbonyl (C=O) groups is 2. The summed E-state index contributed by atoms with van der Waals surface area (Å²) < 4.78 is 5.57. The van der Waals surface area contributed by atoms with Gasteiger partial charge in [0.25, 0.3) is 0 Å². The highest BCUT2D eigenvalue weighted by Crippen LogP contribution is 2.35. The molecule has 2 aromatic rings. The second-order valence-electron chi connectivity index (χ2n) is 3.69. The van der Waals surface area contributed by atoms with Crippen molar-refractivity contribution in [1.82, 2.24) is 0 Å². The van der Waals surface area contributed by atoms with Crippen LogP contribution >= 0.6 is 23.5 Å². The van der Waals surface area contributed by atoms with Crippen LogP contribution in [0.15, 0.2) is 52.3 Å². The molecule has 0 fully saturated rings. The Morgan fingerprint density at radius 2 is 1.71 bits per heavy atom. The molecule has 1 radical (unpaired) electrons.